The van der Waals surface area contributed by atoms with Gasteiger partial charge in [0.1, 0.15) is 5.60 Å². The van der Waals surface area contributed by atoms with E-state index in [4.69, 9.17) is 9.47 Å². The second-order valence-corrected chi connectivity index (χ2v) is 7.13. The molecule has 2 heterocycles. The van der Waals surface area contributed by atoms with Crippen molar-refractivity contribution in [2.24, 2.45) is 5.92 Å². The number of carbonyl (C=O) groups is 1. The fourth-order valence-electron chi connectivity index (χ4n) is 3.09. The number of nitrogens with one attached hydrogen (secondary N) is 2. The Bertz CT molecular complexity index is 327. The van der Waals surface area contributed by atoms with Crippen LogP contribution in [0.15, 0.2) is 0 Å². The quantitative estimate of drug-likeness (QED) is 0.833. The molecule has 0 saturated carbocycles. The van der Waals surface area contributed by atoms with Gasteiger partial charge in [0.15, 0.2) is 0 Å². The summed E-state index contributed by atoms with van der Waals surface area (Å²) in [4.78, 5) is 12.1. The highest BCUT2D eigenvalue weighted by atomic mass is 16.6. The van der Waals surface area contributed by atoms with Crippen molar-refractivity contribution < 1.29 is 14.3 Å². The molecule has 0 spiro atoms. The normalized spacial score (nSPS) is 31.1. The summed E-state index contributed by atoms with van der Waals surface area (Å²) in [7, 11) is 0. The number of ether oxygens (including phenoxy) is 2. The van der Waals surface area contributed by atoms with Gasteiger partial charge >= 0.3 is 6.09 Å². The number of piperidine rings is 1. The Morgan fingerprint density at radius 3 is 2.85 bits per heavy atom. The van der Waals surface area contributed by atoms with Crippen LogP contribution in [0.2, 0.25) is 0 Å². The third kappa shape index (κ3) is 4.63. The number of hydrogen-bond donors (Lipinski definition) is 2. The summed E-state index contributed by atoms with van der Waals surface area (Å²) in [5.74, 6) is 0.611. The van der Waals surface area contributed by atoms with Gasteiger partial charge in [-0.15, -0.1) is 0 Å². The zero-order chi connectivity index (χ0) is 14.6. The number of carbonyl (C=O) groups excluding carboxylic acids is 1. The lowest BCUT2D eigenvalue weighted by Gasteiger charge is -2.35. The number of amides is 1. The lowest BCUT2D eigenvalue weighted by atomic mass is 9.83. The van der Waals surface area contributed by atoms with E-state index in [1.807, 2.05) is 20.8 Å². The molecule has 2 atom stereocenters. The van der Waals surface area contributed by atoms with Crippen LogP contribution in [0, 0.1) is 5.92 Å². The zero-order valence-electron chi connectivity index (χ0n) is 13.0. The van der Waals surface area contributed by atoms with Gasteiger partial charge in [-0.1, -0.05) is 0 Å². The van der Waals surface area contributed by atoms with E-state index < -0.39 is 5.60 Å². The van der Waals surface area contributed by atoms with Gasteiger partial charge in [0.25, 0.3) is 0 Å². The molecule has 5 heteroatoms. The van der Waals surface area contributed by atoms with Gasteiger partial charge in [-0.05, 0) is 65.5 Å². The Hall–Kier alpha value is -0.810. The molecule has 0 aliphatic carbocycles. The number of alkyl carbamates (subject to hydrolysis) is 1. The maximum Gasteiger partial charge on any atom is 0.408 e. The van der Waals surface area contributed by atoms with Crippen LogP contribution in [0.5, 0.6) is 0 Å². The molecular weight excluding hydrogens is 256 g/mol. The van der Waals surface area contributed by atoms with Gasteiger partial charge in [0.2, 0.25) is 0 Å². The van der Waals surface area contributed by atoms with Crippen LogP contribution >= 0.6 is 0 Å². The van der Waals surface area contributed by atoms with E-state index in [0.29, 0.717) is 12.5 Å². The Kier molecular flexibility index (Phi) is 4.91. The molecule has 2 unspecified atom stereocenters. The second-order valence-electron chi connectivity index (χ2n) is 7.13. The van der Waals surface area contributed by atoms with Gasteiger partial charge < -0.3 is 20.1 Å². The van der Waals surface area contributed by atoms with Crippen molar-refractivity contribution in [3.05, 3.63) is 0 Å². The Balaban J connectivity index is 1.92. The Labute approximate surface area is 121 Å². The van der Waals surface area contributed by atoms with Crippen LogP contribution in [0.1, 0.15) is 46.5 Å². The van der Waals surface area contributed by atoms with E-state index in [1.165, 1.54) is 12.8 Å². The van der Waals surface area contributed by atoms with Gasteiger partial charge in [0.05, 0.1) is 12.1 Å². The molecule has 2 aliphatic rings. The van der Waals surface area contributed by atoms with Crippen LogP contribution in [0.4, 0.5) is 4.79 Å². The summed E-state index contributed by atoms with van der Waals surface area (Å²) in [6.07, 6.45) is 3.97. The second kappa shape index (κ2) is 6.31. The van der Waals surface area contributed by atoms with Crippen molar-refractivity contribution in [3.8, 4) is 0 Å². The Morgan fingerprint density at radius 2 is 2.30 bits per heavy atom. The molecule has 0 bridgehead atoms. The van der Waals surface area contributed by atoms with Crippen LogP contribution in [0.25, 0.3) is 0 Å². The van der Waals surface area contributed by atoms with E-state index in [1.54, 1.807) is 0 Å². The summed E-state index contributed by atoms with van der Waals surface area (Å²) in [5.41, 5.74) is -0.705. The highest BCUT2D eigenvalue weighted by molar-refractivity contribution is 5.68. The molecule has 2 aliphatic heterocycles. The molecule has 2 rings (SSSR count). The molecule has 0 aromatic carbocycles. The van der Waals surface area contributed by atoms with E-state index in [2.05, 4.69) is 10.6 Å². The predicted octanol–water partition coefficient (Wildman–Crippen LogP) is 2.06. The maximum atomic E-state index is 12.1. The first-order valence-corrected chi connectivity index (χ1v) is 7.68. The van der Waals surface area contributed by atoms with Crippen LogP contribution in [-0.2, 0) is 9.47 Å². The van der Waals surface area contributed by atoms with E-state index >= 15 is 0 Å². The van der Waals surface area contributed by atoms with E-state index in [0.717, 1.165) is 32.5 Å². The number of rotatable bonds is 3. The highest BCUT2D eigenvalue weighted by Gasteiger charge is 2.39. The van der Waals surface area contributed by atoms with Crippen LogP contribution in [-0.4, -0.2) is 43.5 Å². The molecule has 0 radical (unpaired) electrons. The molecule has 0 aromatic heterocycles. The third-order valence-electron chi connectivity index (χ3n) is 3.95. The van der Waals surface area contributed by atoms with Crippen molar-refractivity contribution in [3.63, 3.8) is 0 Å². The fourth-order valence-corrected chi connectivity index (χ4v) is 3.09. The van der Waals surface area contributed by atoms with Gasteiger partial charge in [-0.25, -0.2) is 4.79 Å². The first-order valence-electron chi connectivity index (χ1n) is 7.68. The summed E-state index contributed by atoms with van der Waals surface area (Å²) >= 11 is 0. The molecule has 116 valence electrons. The topological polar surface area (TPSA) is 59.6 Å². The van der Waals surface area contributed by atoms with Gasteiger partial charge in [-0.3, -0.25) is 0 Å². The molecule has 5 nitrogen and oxygen atoms in total. The molecule has 2 saturated heterocycles. The van der Waals surface area contributed by atoms with Crippen molar-refractivity contribution in [1.29, 1.82) is 0 Å². The average Bonchev–Trinajstić information content (AvgIpc) is 2.75. The fraction of sp³-hybridized carbons (Fsp3) is 0.933. The monoisotopic (exact) mass is 284 g/mol. The molecular formula is C15H28N2O3. The minimum absolute atomic E-state index is 0.244. The molecule has 0 aromatic rings. The summed E-state index contributed by atoms with van der Waals surface area (Å²) < 4.78 is 10.9. The van der Waals surface area contributed by atoms with E-state index in [-0.39, 0.29) is 11.6 Å². The van der Waals surface area contributed by atoms with Gasteiger partial charge in [-0.2, -0.15) is 0 Å². The molecule has 2 fully saturated rings. The molecule has 1 amide bonds. The summed E-state index contributed by atoms with van der Waals surface area (Å²) in [5, 5.41) is 6.52. The molecule has 2 N–H and O–H groups in total. The minimum Gasteiger partial charge on any atom is -0.444 e. The third-order valence-corrected chi connectivity index (χ3v) is 3.95. The minimum atomic E-state index is -0.461. The predicted molar refractivity (Wildman–Crippen MR) is 77.7 cm³/mol. The van der Waals surface area contributed by atoms with Crippen molar-refractivity contribution >= 4 is 6.09 Å². The van der Waals surface area contributed by atoms with E-state index in [9.17, 15) is 4.79 Å². The summed E-state index contributed by atoms with van der Waals surface area (Å²) in [6.45, 7) is 9.12. The largest absolute Gasteiger partial charge is 0.444 e. The first-order chi connectivity index (χ1) is 9.39. The number of hydrogen-bond acceptors (Lipinski definition) is 4. The zero-order valence-corrected chi connectivity index (χ0v) is 13.0. The average molecular weight is 284 g/mol. The van der Waals surface area contributed by atoms with Crippen molar-refractivity contribution in [2.75, 3.05) is 26.3 Å². The lowest BCUT2D eigenvalue weighted by Crippen LogP contribution is -2.52. The lowest BCUT2D eigenvalue weighted by molar-refractivity contribution is 0.0415. The highest BCUT2D eigenvalue weighted by Crippen LogP contribution is 2.29. The first kappa shape index (κ1) is 15.6. The standard InChI is InChI=1S/C15H28N2O3/c1-14(2,3)20-13(18)17-15(6-8-19-11-15)9-12-5-4-7-16-10-12/h12,16H,4-11H2,1-3H3,(H,17,18). The van der Waals surface area contributed by atoms with Crippen LogP contribution < -0.4 is 10.6 Å². The van der Waals surface area contributed by atoms with Crippen molar-refractivity contribution in [1.82, 2.24) is 10.6 Å². The van der Waals surface area contributed by atoms with Crippen LogP contribution in [0.3, 0.4) is 0 Å². The summed E-state index contributed by atoms with van der Waals surface area (Å²) in [6, 6.07) is 0. The SMILES string of the molecule is CC(C)(C)OC(=O)NC1(CC2CCCNC2)CCOC1. The smallest absolute Gasteiger partial charge is 0.408 e. The maximum absolute atomic E-state index is 12.1. The van der Waals surface area contributed by atoms with Crippen molar-refractivity contribution in [2.45, 2.75) is 57.6 Å². The molecule has 20 heavy (non-hydrogen) atoms. The van der Waals surface area contributed by atoms with Gasteiger partial charge in [0, 0.05) is 6.61 Å². The Morgan fingerprint density at radius 1 is 1.50 bits per heavy atom.